The van der Waals surface area contributed by atoms with Gasteiger partial charge in [0.05, 0.1) is 6.42 Å². The van der Waals surface area contributed by atoms with E-state index in [9.17, 15) is 24.6 Å². The number of methoxy groups -OCH3 is 1. The van der Waals surface area contributed by atoms with Crippen LogP contribution < -0.4 is 5.32 Å². The molecule has 0 aliphatic carbocycles. The van der Waals surface area contributed by atoms with E-state index in [0.717, 1.165) is 9.91 Å². The number of carboxylic acid groups (broad SMARTS) is 1. The smallest absolute Gasteiger partial charge is 0.352 e. The van der Waals surface area contributed by atoms with Gasteiger partial charge in [0.15, 0.2) is 15.7 Å². The molecule has 0 saturated carbocycles. The summed E-state index contributed by atoms with van der Waals surface area (Å²) in [6, 6.07) is 1.68. The number of aryl methyl sites for hydroxylation is 1. The quantitative estimate of drug-likeness (QED) is 0.245. The molecule has 4 heterocycles. The van der Waals surface area contributed by atoms with Crippen molar-refractivity contribution in [3.8, 4) is 11.9 Å². The van der Waals surface area contributed by atoms with Crippen LogP contribution in [0.5, 0.6) is 5.88 Å². The van der Waals surface area contributed by atoms with Crippen molar-refractivity contribution >= 4 is 52.6 Å². The molecule has 0 unspecified atom stereocenters. The number of aromatic hydroxyl groups is 1. The van der Waals surface area contributed by atoms with E-state index in [1.807, 2.05) is 6.92 Å². The van der Waals surface area contributed by atoms with Gasteiger partial charge >= 0.3 is 5.97 Å². The summed E-state index contributed by atoms with van der Waals surface area (Å²) in [4.78, 5) is 38.9. The molecule has 3 N–H and O–H groups in total. The number of nitrogens with zero attached hydrogens (tertiary/aromatic N) is 5. The number of β-lactam (4-membered cyclic amide) rings is 1. The Morgan fingerprint density at radius 2 is 2.24 bits per heavy atom. The van der Waals surface area contributed by atoms with E-state index in [2.05, 4.69) is 20.7 Å². The van der Waals surface area contributed by atoms with E-state index in [1.165, 1.54) is 42.0 Å². The largest absolute Gasteiger partial charge is 0.490 e. The molecule has 2 atom stereocenters. The number of amides is 2. The summed E-state index contributed by atoms with van der Waals surface area (Å²) in [5.41, 5.74) is -1.71. The Hall–Kier alpha value is -3.13. The number of carboxylic acids is 1. The fraction of sp³-hybridized carbons (Fsp3) is 0.389. The van der Waals surface area contributed by atoms with Crippen LogP contribution in [0.4, 0.5) is 0 Å². The Labute approximate surface area is 204 Å². The van der Waals surface area contributed by atoms with Crippen molar-refractivity contribution in [2.45, 2.75) is 28.8 Å². The second-order valence-electron chi connectivity index (χ2n) is 7.05. The summed E-state index contributed by atoms with van der Waals surface area (Å²) in [5, 5.41) is 42.0. The van der Waals surface area contributed by atoms with Crippen LogP contribution in [0.2, 0.25) is 0 Å². The highest BCUT2D eigenvalue weighted by atomic mass is 32.2. The Bertz CT molecular complexity index is 1250. The number of aliphatic carboxylic acids is 1. The first-order valence-corrected chi connectivity index (χ1v) is 12.3. The summed E-state index contributed by atoms with van der Waals surface area (Å²) < 4.78 is 10.9. The lowest BCUT2D eigenvalue weighted by Gasteiger charge is -2.55. The number of hydrogen-bond donors (Lipinski definition) is 3. The maximum Gasteiger partial charge on any atom is 0.352 e. The van der Waals surface area contributed by atoms with Gasteiger partial charge in [-0.05, 0) is 17.7 Å². The van der Waals surface area contributed by atoms with Crippen molar-refractivity contribution in [1.82, 2.24) is 25.6 Å². The van der Waals surface area contributed by atoms with Crippen LogP contribution in [-0.2, 0) is 25.5 Å². The van der Waals surface area contributed by atoms with Crippen LogP contribution in [0.25, 0.3) is 0 Å². The highest BCUT2D eigenvalue weighted by Gasteiger charge is 2.66. The Balaban J connectivity index is 1.52. The van der Waals surface area contributed by atoms with Crippen molar-refractivity contribution in [3.05, 3.63) is 27.6 Å². The van der Waals surface area contributed by atoms with Crippen molar-refractivity contribution in [2.75, 3.05) is 18.6 Å². The van der Waals surface area contributed by atoms with E-state index < -0.39 is 41.2 Å². The predicted molar refractivity (Wildman–Crippen MR) is 118 cm³/mol. The number of nitriles is 1. The average Bonchev–Trinajstić information content (AvgIpc) is 3.39. The van der Waals surface area contributed by atoms with E-state index in [4.69, 9.17) is 14.5 Å². The molecule has 1 fully saturated rings. The molecule has 0 aromatic carbocycles. The van der Waals surface area contributed by atoms with Crippen molar-refractivity contribution < 1.29 is 33.9 Å². The molecule has 4 rings (SSSR count). The summed E-state index contributed by atoms with van der Waals surface area (Å²) >= 11 is 3.96. The molecule has 0 bridgehead atoms. The Kier molecular flexibility index (Phi) is 6.53. The minimum absolute atomic E-state index is 0.156. The molecule has 0 radical (unpaired) electrons. The van der Waals surface area contributed by atoms with E-state index in [0.29, 0.717) is 15.7 Å². The zero-order valence-corrected chi connectivity index (χ0v) is 20.0. The van der Waals surface area contributed by atoms with E-state index in [1.54, 1.807) is 6.07 Å². The fourth-order valence-corrected chi connectivity index (χ4v) is 6.88. The molecule has 2 amide bonds. The lowest BCUT2D eigenvalue weighted by Crippen LogP contribution is -2.80. The second-order valence-corrected chi connectivity index (χ2v) is 10.5. The van der Waals surface area contributed by atoms with Gasteiger partial charge in [0.2, 0.25) is 5.91 Å². The molecule has 16 heteroatoms. The lowest BCUT2D eigenvalue weighted by atomic mass is 9.98. The molecule has 2 aromatic heterocycles. The number of carbonyl (C=O) groups excluding carboxylic acids is 2. The van der Waals surface area contributed by atoms with Gasteiger partial charge < -0.3 is 24.8 Å². The first-order chi connectivity index (χ1) is 16.2. The second kappa shape index (κ2) is 9.25. The lowest BCUT2D eigenvalue weighted by molar-refractivity contribution is -0.192. The van der Waals surface area contributed by atoms with Crippen LogP contribution in [-0.4, -0.2) is 78.0 Å². The van der Waals surface area contributed by atoms with Gasteiger partial charge in [-0.3, -0.25) is 14.5 Å². The summed E-state index contributed by atoms with van der Waals surface area (Å²) in [5.74, 6) is -2.99. The zero-order valence-electron chi connectivity index (χ0n) is 17.6. The van der Waals surface area contributed by atoms with Gasteiger partial charge in [-0.15, -0.1) is 22.0 Å². The SMILES string of the molecule is CO[C@@]1(NC(=O)Cc2onc(O)c2C#N)C(=O)N2C(C(=O)O)=C(CSc3nnc(C)s3)CS[C@@H]21. The van der Waals surface area contributed by atoms with Gasteiger partial charge in [0.25, 0.3) is 17.5 Å². The Morgan fingerprint density at radius 3 is 2.85 bits per heavy atom. The van der Waals surface area contributed by atoms with Gasteiger partial charge in [-0.1, -0.05) is 23.1 Å². The molecule has 2 aliphatic heterocycles. The number of hydrogen-bond acceptors (Lipinski definition) is 13. The molecule has 13 nitrogen and oxygen atoms in total. The van der Waals surface area contributed by atoms with Crippen molar-refractivity contribution in [1.29, 1.82) is 5.26 Å². The molecule has 2 aromatic rings. The predicted octanol–water partition coefficient (Wildman–Crippen LogP) is 0.459. The highest BCUT2D eigenvalue weighted by Crippen LogP contribution is 2.47. The molecule has 178 valence electrons. The molecular formula is C18H16N6O7S3. The van der Waals surface area contributed by atoms with E-state index >= 15 is 0 Å². The number of fused-ring (bicyclic) bond motifs is 1. The molecule has 2 aliphatic rings. The summed E-state index contributed by atoms with van der Waals surface area (Å²) in [7, 11) is 1.23. The number of rotatable bonds is 8. The molecule has 34 heavy (non-hydrogen) atoms. The third kappa shape index (κ3) is 4.00. The van der Waals surface area contributed by atoms with Crippen molar-refractivity contribution in [2.24, 2.45) is 0 Å². The first kappa shape index (κ1) is 24.0. The van der Waals surface area contributed by atoms with Crippen LogP contribution in [0, 0.1) is 18.3 Å². The minimum Gasteiger partial charge on any atom is -0.490 e. The Morgan fingerprint density at radius 1 is 1.47 bits per heavy atom. The van der Waals surface area contributed by atoms with Gasteiger partial charge in [-0.2, -0.15) is 5.26 Å². The average molecular weight is 525 g/mol. The minimum atomic E-state index is -1.80. The maximum absolute atomic E-state index is 13.1. The number of carbonyl (C=O) groups is 3. The summed E-state index contributed by atoms with van der Waals surface area (Å²) in [6.07, 6.45) is -0.489. The van der Waals surface area contributed by atoms with Crippen LogP contribution in [0.15, 0.2) is 20.1 Å². The van der Waals surface area contributed by atoms with Gasteiger partial charge in [0.1, 0.15) is 22.1 Å². The van der Waals surface area contributed by atoms with Crippen LogP contribution in [0.3, 0.4) is 0 Å². The number of ether oxygens (including phenoxy) is 1. The highest BCUT2D eigenvalue weighted by molar-refractivity contribution is 8.01. The zero-order chi connectivity index (χ0) is 24.6. The van der Waals surface area contributed by atoms with Crippen molar-refractivity contribution in [3.63, 3.8) is 0 Å². The molecule has 1 saturated heterocycles. The monoisotopic (exact) mass is 524 g/mol. The maximum atomic E-state index is 13.1. The summed E-state index contributed by atoms with van der Waals surface area (Å²) in [6.45, 7) is 1.81. The standard InChI is InChI=1S/C18H16N6O7S3/c1-7-21-22-17(34-7)33-6-8-5-32-16-18(30-2,15(29)24(16)12(8)14(27)28)20-11(25)3-10-9(4-19)13(26)23-31-10/h16H,3,5-6H2,1-2H3,(H,20,25)(H,23,26)(H,27,28)/t16-,18+/m1/s1. The number of thioether (sulfide) groups is 2. The fourth-order valence-electron chi connectivity index (χ4n) is 3.48. The normalized spacial score (nSPS) is 21.6. The van der Waals surface area contributed by atoms with Gasteiger partial charge in [-0.25, -0.2) is 4.79 Å². The topological polar surface area (TPSA) is 192 Å². The van der Waals surface area contributed by atoms with E-state index in [-0.39, 0.29) is 22.8 Å². The first-order valence-electron chi connectivity index (χ1n) is 9.49. The number of nitrogens with one attached hydrogen (secondary N) is 1. The third-order valence-corrected chi connectivity index (χ3v) is 8.45. The van der Waals surface area contributed by atoms with Gasteiger partial charge in [0, 0.05) is 18.6 Å². The van der Waals surface area contributed by atoms with Crippen LogP contribution in [0.1, 0.15) is 16.3 Å². The number of aromatic nitrogens is 3. The van der Waals surface area contributed by atoms with Crippen LogP contribution >= 0.6 is 34.9 Å². The molecule has 0 spiro atoms. The molecular weight excluding hydrogens is 508 g/mol. The third-order valence-electron chi connectivity index (χ3n) is 5.01.